The second-order valence-electron chi connectivity index (χ2n) is 3.32. The maximum atomic E-state index is 13.0. The van der Waals surface area contributed by atoms with Crippen molar-refractivity contribution < 1.29 is 22.3 Å². The molecule has 1 aromatic rings. The molecular formula is C10H13FN2O4S. The number of sulfonamides is 1. The molecular weight excluding hydrogens is 263 g/mol. The fraction of sp³-hybridized carbons (Fsp3) is 0.300. The third-order valence-electron chi connectivity index (χ3n) is 2.07. The van der Waals surface area contributed by atoms with Crippen molar-refractivity contribution in [1.82, 2.24) is 4.72 Å². The van der Waals surface area contributed by atoms with Gasteiger partial charge in [0.2, 0.25) is 10.0 Å². The summed E-state index contributed by atoms with van der Waals surface area (Å²) < 4.78 is 43.3. The summed E-state index contributed by atoms with van der Waals surface area (Å²) in [5.41, 5.74) is 4.82. The molecule has 18 heavy (non-hydrogen) atoms. The second-order valence-corrected chi connectivity index (χ2v) is 5.05. The smallest absolute Gasteiger partial charge is 0.339 e. The molecule has 0 saturated carbocycles. The molecule has 0 spiro atoms. The molecule has 0 heterocycles. The molecule has 0 bridgehead atoms. The van der Waals surface area contributed by atoms with Crippen molar-refractivity contribution in [2.75, 3.05) is 20.2 Å². The first-order valence-corrected chi connectivity index (χ1v) is 6.48. The number of esters is 1. The normalized spacial score (nSPS) is 11.3. The Kier molecular flexibility index (Phi) is 4.76. The molecule has 100 valence electrons. The van der Waals surface area contributed by atoms with Crippen LogP contribution >= 0.6 is 0 Å². The van der Waals surface area contributed by atoms with Crippen LogP contribution in [0.1, 0.15) is 10.4 Å². The number of carbonyl (C=O) groups is 1. The Labute approximate surface area is 104 Å². The van der Waals surface area contributed by atoms with E-state index < -0.39 is 21.8 Å². The van der Waals surface area contributed by atoms with Crippen LogP contribution in [0.3, 0.4) is 0 Å². The number of nitrogens with two attached hydrogens (primary N) is 1. The van der Waals surface area contributed by atoms with Crippen molar-refractivity contribution in [3.63, 3.8) is 0 Å². The molecule has 0 aromatic heterocycles. The van der Waals surface area contributed by atoms with E-state index in [9.17, 15) is 17.6 Å². The van der Waals surface area contributed by atoms with Crippen LogP contribution in [-0.4, -0.2) is 34.6 Å². The van der Waals surface area contributed by atoms with Crippen molar-refractivity contribution in [2.24, 2.45) is 5.73 Å². The number of hydrogen-bond acceptors (Lipinski definition) is 5. The largest absolute Gasteiger partial charge is 0.465 e. The third-order valence-corrected chi connectivity index (χ3v) is 3.59. The van der Waals surface area contributed by atoms with Gasteiger partial charge in [-0.1, -0.05) is 0 Å². The molecule has 8 heteroatoms. The summed E-state index contributed by atoms with van der Waals surface area (Å²) in [6.45, 7) is 0.119. The Morgan fingerprint density at radius 1 is 1.50 bits per heavy atom. The number of ether oxygens (including phenoxy) is 1. The minimum Gasteiger partial charge on any atom is -0.465 e. The van der Waals surface area contributed by atoms with E-state index in [4.69, 9.17) is 5.73 Å². The topological polar surface area (TPSA) is 98.5 Å². The zero-order chi connectivity index (χ0) is 13.8. The number of halogens is 1. The molecule has 0 atom stereocenters. The average Bonchev–Trinajstić information content (AvgIpc) is 2.35. The van der Waals surface area contributed by atoms with E-state index in [1.807, 2.05) is 0 Å². The molecule has 0 amide bonds. The Morgan fingerprint density at radius 2 is 2.17 bits per heavy atom. The first-order valence-electron chi connectivity index (χ1n) is 5.00. The summed E-state index contributed by atoms with van der Waals surface area (Å²) in [5.74, 6) is -1.66. The van der Waals surface area contributed by atoms with Gasteiger partial charge in [-0.3, -0.25) is 0 Å². The Bertz CT molecular complexity index is 545. The highest BCUT2D eigenvalue weighted by atomic mass is 32.2. The molecule has 0 aliphatic rings. The lowest BCUT2D eigenvalue weighted by atomic mass is 10.2. The summed E-state index contributed by atoms with van der Waals surface area (Å²) in [4.78, 5) is 11.1. The van der Waals surface area contributed by atoms with Gasteiger partial charge in [-0.05, 0) is 18.2 Å². The van der Waals surface area contributed by atoms with Gasteiger partial charge in [-0.25, -0.2) is 22.3 Å². The van der Waals surface area contributed by atoms with Gasteiger partial charge in [-0.2, -0.15) is 0 Å². The van der Waals surface area contributed by atoms with Crippen LogP contribution < -0.4 is 10.5 Å². The number of hydrogen-bond donors (Lipinski definition) is 2. The van der Waals surface area contributed by atoms with Crippen molar-refractivity contribution in [1.29, 1.82) is 0 Å². The SMILES string of the molecule is COC(=O)c1cc(F)ccc1S(=O)(=O)NCCN. The van der Waals surface area contributed by atoms with Gasteiger partial charge in [0.1, 0.15) is 5.82 Å². The summed E-state index contributed by atoms with van der Waals surface area (Å²) in [7, 11) is -2.84. The fourth-order valence-electron chi connectivity index (χ4n) is 1.28. The summed E-state index contributed by atoms with van der Waals surface area (Å²) in [6.07, 6.45) is 0. The zero-order valence-electron chi connectivity index (χ0n) is 9.64. The number of rotatable bonds is 5. The Balaban J connectivity index is 3.27. The van der Waals surface area contributed by atoms with Gasteiger partial charge >= 0.3 is 5.97 Å². The van der Waals surface area contributed by atoms with Crippen molar-refractivity contribution in [3.8, 4) is 0 Å². The lowest BCUT2D eigenvalue weighted by Gasteiger charge is -2.09. The second kappa shape index (κ2) is 5.89. The molecule has 6 nitrogen and oxygen atoms in total. The number of nitrogens with one attached hydrogen (secondary N) is 1. The van der Waals surface area contributed by atoms with Gasteiger partial charge in [0, 0.05) is 13.1 Å². The van der Waals surface area contributed by atoms with Gasteiger partial charge in [-0.15, -0.1) is 0 Å². The van der Waals surface area contributed by atoms with Crippen LogP contribution in [0.4, 0.5) is 4.39 Å². The number of methoxy groups -OCH3 is 1. The third kappa shape index (κ3) is 3.25. The Hall–Kier alpha value is -1.51. The fourth-order valence-corrected chi connectivity index (χ4v) is 2.50. The highest BCUT2D eigenvalue weighted by Crippen LogP contribution is 2.17. The predicted octanol–water partition coefficient (Wildman–Crippen LogP) is -0.151. The first kappa shape index (κ1) is 14.6. The van der Waals surface area contributed by atoms with Gasteiger partial charge in [0.15, 0.2) is 0 Å². The standard InChI is InChI=1S/C10H13FN2O4S/c1-17-10(14)8-6-7(11)2-3-9(8)18(15,16)13-5-4-12/h2-3,6,13H,4-5,12H2,1H3. The average molecular weight is 276 g/mol. The predicted molar refractivity (Wildman–Crippen MR) is 62.0 cm³/mol. The lowest BCUT2D eigenvalue weighted by molar-refractivity contribution is 0.0595. The van der Waals surface area contributed by atoms with Crippen LogP contribution in [0.5, 0.6) is 0 Å². The molecule has 0 fully saturated rings. The van der Waals surface area contributed by atoms with Crippen LogP contribution in [0, 0.1) is 5.82 Å². The van der Waals surface area contributed by atoms with E-state index in [1.54, 1.807) is 0 Å². The maximum absolute atomic E-state index is 13.0. The van der Waals surface area contributed by atoms with E-state index in [1.165, 1.54) is 0 Å². The molecule has 0 unspecified atom stereocenters. The lowest BCUT2D eigenvalue weighted by Crippen LogP contribution is -2.30. The summed E-state index contributed by atoms with van der Waals surface area (Å²) >= 11 is 0. The molecule has 1 rings (SSSR count). The molecule has 1 aromatic carbocycles. The molecule has 0 radical (unpaired) electrons. The number of carbonyl (C=O) groups excluding carboxylic acids is 1. The van der Waals surface area contributed by atoms with Crippen molar-refractivity contribution >= 4 is 16.0 Å². The van der Waals surface area contributed by atoms with E-state index in [2.05, 4.69) is 9.46 Å². The van der Waals surface area contributed by atoms with E-state index in [-0.39, 0.29) is 23.5 Å². The minimum atomic E-state index is -3.92. The maximum Gasteiger partial charge on any atom is 0.339 e. The quantitative estimate of drug-likeness (QED) is 0.729. The minimum absolute atomic E-state index is 0.0142. The number of benzene rings is 1. The molecule has 0 aliphatic heterocycles. The molecule has 0 aliphatic carbocycles. The van der Waals surface area contributed by atoms with Crippen molar-refractivity contribution in [2.45, 2.75) is 4.90 Å². The van der Waals surface area contributed by atoms with E-state index >= 15 is 0 Å². The van der Waals surface area contributed by atoms with E-state index in [0.29, 0.717) is 0 Å². The van der Waals surface area contributed by atoms with Crippen LogP contribution in [0.25, 0.3) is 0 Å². The molecule has 3 N–H and O–H groups in total. The van der Waals surface area contributed by atoms with Gasteiger partial charge in [0.05, 0.1) is 17.6 Å². The Morgan fingerprint density at radius 3 is 2.72 bits per heavy atom. The van der Waals surface area contributed by atoms with E-state index in [0.717, 1.165) is 25.3 Å². The highest BCUT2D eigenvalue weighted by molar-refractivity contribution is 7.89. The zero-order valence-corrected chi connectivity index (χ0v) is 10.5. The first-order chi connectivity index (χ1) is 8.42. The molecule has 0 saturated heterocycles. The summed E-state index contributed by atoms with van der Waals surface area (Å²) in [5, 5.41) is 0. The monoisotopic (exact) mass is 276 g/mol. The van der Waals surface area contributed by atoms with Gasteiger partial charge < -0.3 is 10.5 Å². The van der Waals surface area contributed by atoms with Crippen LogP contribution in [0.2, 0.25) is 0 Å². The van der Waals surface area contributed by atoms with Crippen molar-refractivity contribution in [3.05, 3.63) is 29.6 Å². The van der Waals surface area contributed by atoms with Gasteiger partial charge in [0.25, 0.3) is 0 Å². The summed E-state index contributed by atoms with van der Waals surface area (Å²) in [6, 6.07) is 2.76. The van der Waals surface area contributed by atoms with Crippen LogP contribution in [0.15, 0.2) is 23.1 Å². The van der Waals surface area contributed by atoms with Crippen LogP contribution in [-0.2, 0) is 14.8 Å². The highest BCUT2D eigenvalue weighted by Gasteiger charge is 2.23.